The molecule has 1 N–H and O–H groups in total. The minimum atomic E-state index is -0.327. The van der Waals surface area contributed by atoms with Crippen molar-refractivity contribution >= 4 is 33.5 Å². The Labute approximate surface area is 186 Å². The molecule has 0 atom stereocenters. The van der Waals surface area contributed by atoms with E-state index >= 15 is 0 Å². The highest BCUT2D eigenvalue weighted by molar-refractivity contribution is 7.16. The third kappa shape index (κ3) is 3.52. The second-order valence-corrected chi connectivity index (χ2v) is 8.29. The molecule has 0 fully saturated rings. The number of aromatic nitrogens is 3. The van der Waals surface area contributed by atoms with Gasteiger partial charge in [-0.2, -0.15) is 0 Å². The topological polar surface area (TPSA) is 103 Å². The second-order valence-electron chi connectivity index (χ2n) is 7.09. The number of thiazole rings is 1. The van der Waals surface area contributed by atoms with E-state index < -0.39 is 0 Å². The average Bonchev–Trinajstić information content (AvgIpc) is 3.54. The van der Waals surface area contributed by atoms with E-state index in [1.165, 1.54) is 11.3 Å². The van der Waals surface area contributed by atoms with Crippen molar-refractivity contribution in [2.75, 3.05) is 12.4 Å². The van der Waals surface area contributed by atoms with E-state index in [1.807, 2.05) is 31.2 Å². The molecule has 0 radical (unpaired) electrons. The molecule has 5 rings (SSSR count). The van der Waals surface area contributed by atoms with Crippen molar-refractivity contribution in [3.8, 4) is 28.5 Å². The maximum Gasteiger partial charge on any atom is 0.259 e. The predicted molar refractivity (Wildman–Crippen MR) is 121 cm³/mol. The molecule has 8 nitrogen and oxygen atoms in total. The molecular weight excluding hydrogens is 428 g/mol. The van der Waals surface area contributed by atoms with Crippen LogP contribution in [-0.2, 0) is 0 Å². The number of nitrogens with one attached hydrogen (secondary N) is 1. The molecule has 0 saturated carbocycles. The molecule has 160 valence electrons. The number of ether oxygens (including phenoxy) is 1. The highest BCUT2D eigenvalue weighted by atomic mass is 32.1. The lowest BCUT2D eigenvalue weighted by Gasteiger charge is -2.05. The molecule has 0 spiro atoms. The third-order valence-corrected chi connectivity index (χ3v) is 5.90. The van der Waals surface area contributed by atoms with Gasteiger partial charge in [0.2, 0.25) is 0 Å². The number of furan rings is 1. The number of nitrogens with zero attached hydrogens (tertiary/aromatic N) is 3. The first-order valence-corrected chi connectivity index (χ1v) is 10.6. The summed E-state index contributed by atoms with van der Waals surface area (Å²) >= 11 is 1.41. The van der Waals surface area contributed by atoms with Gasteiger partial charge in [-0.15, -0.1) is 11.3 Å². The zero-order chi connectivity index (χ0) is 22.2. The van der Waals surface area contributed by atoms with Gasteiger partial charge in [-0.3, -0.25) is 10.1 Å². The van der Waals surface area contributed by atoms with Crippen LogP contribution >= 0.6 is 11.3 Å². The van der Waals surface area contributed by atoms with Crippen molar-refractivity contribution in [1.29, 1.82) is 0 Å². The molecule has 1 aromatic carbocycles. The number of aryl methyl sites for hydroxylation is 2. The number of carbonyl (C=O) groups excluding carboxylic acids is 1. The molecule has 32 heavy (non-hydrogen) atoms. The van der Waals surface area contributed by atoms with Gasteiger partial charge < -0.3 is 13.7 Å². The number of carbonyl (C=O) groups is 1. The lowest BCUT2D eigenvalue weighted by atomic mass is 10.1. The molecule has 0 aliphatic carbocycles. The fourth-order valence-corrected chi connectivity index (χ4v) is 4.29. The number of hydrogen-bond acceptors (Lipinski definition) is 8. The van der Waals surface area contributed by atoms with Crippen LogP contribution in [0.4, 0.5) is 5.13 Å². The van der Waals surface area contributed by atoms with Crippen molar-refractivity contribution in [2.45, 2.75) is 13.8 Å². The van der Waals surface area contributed by atoms with Gasteiger partial charge in [-0.25, -0.2) is 9.97 Å². The molecule has 9 heteroatoms. The highest BCUT2D eigenvalue weighted by Gasteiger charge is 2.21. The fourth-order valence-electron chi connectivity index (χ4n) is 3.46. The Morgan fingerprint density at radius 1 is 1.12 bits per heavy atom. The first kappa shape index (κ1) is 20.0. The number of pyridine rings is 1. The van der Waals surface area contributed by atoms with E-state index in [4.69, 9.17) is 13.7 Å². The van der Waals surface area contributed by atoms with Crippen LogP contribution in [0.5, 0.6) is 5.75 Å². The number of rotatable bonds is 5. The molecule has 4 aromatic heterocycles. The highest BCUT2D eigenvalue weighted by Crippen LogP contribution is 2.33. The Kier molecular flexibility index (Phi) is 4.95. The van der Waals surface area contributed by atoms with Crippen molar-refractivity contribution in [1.82, 2.24) is 15.1 Å². The van der Waals surface area contributed by atoms with E-state index in [2.05, 4.69) is 20.4 Å². The lowest BCUT2D eigenvalue weighted by molar-refractivity contribution is 0.102. The van der Waals surface area contributed by atoms with Crippen molar-refractivity contribution < 1.29 is 18.5 Å². The minimum absolute atomic E-state index is 0.274. The van der Waals surface area contributed by atoms with Crippen molar-refractivity contribution in [2.24, 2.45) is 0 Å². The minimum Gasteiger partial charge on any atom is -0.497 e. The number of amides is 1. The molecule has 0 aliphatic rings. The van der Waals surface area contributed by atoms with Crippen LogP contribution in [0.3, 0.4) is 0 Å². The SMILES string of the molecule is COc1ccc(-c2nc(NC(=O)c3cc(-c4ccco4)nc4onc(C)c34)sc2C)cc1. The summed E-state index contributed by atoms with van der Waals surface area (Å²) in [6.45, 7) is 3.74. The summed E-state index contributed by atoms with van der Waals surface area (Å²) in [4.78, 5) is 23.3. The zero-order valence-corrected chi connectivity index (χ0v) is 18.3. The van der Waals surface area contributed by atoms with Gasteiger partial charge in [0.25, 0.3) is 11.6 Å². The van der Waals surface area contributed by atoms with Crippen LogP contribution in [0.2, 0.25) is 0 Å². The van der Waals surface area contributed by atoms with Gasteiger partial charge >= 0.3 is 0 Å². The smallest absolute Gasteiger partial charge is 0.259 e. The maximum absolute atomic E-state index is 13.3. The average molecular weight is 446 g/mol. The predicted octanol–water partition coefficient (Wildman–Crippen LogP) is 5.48. The Morgan fingerprint density at radius 3 is 2.66 bits per heavy atom. The van der Waals surface area contributed by atoms with Crippen LogP contribution < -0.4 is 10.1 Å². The van der Waals surface area contributed by atoms with E-state index in [9.17, 15) is 4.79 Å². The molecule has 1 amide bonds. The summed E-state index contributed by atoms with van der Waals surface area (Å²) in [6.07, 6.45) is 1.55. The van der Waals surface area contributed by atoms with Crippen molar-refractivity contribution in [3.63, 3.8) is 0 Å². The maximum atomic E-state index is 13.3. The van der Waals surface area contributed by atoms with Gasteiger partial charge in [0.15, 0.2) is 10.9 Å². The first-order chi connectivity index (χ1) is 15.5. The van der Waals surface area contributed by atoms with Gasteiger partial charge in [-0.1, -0.05) is 5.16 Å². The summed E-state index contributed by atoms with van der Waals surface area (Å²) in [5.41, 5.74) is 3.48. The number of hydrogen-bond donors (Lipinski definition) is 1. The van der Waals surface area contributed by atoms with Crippen LogP contribution in [0.15, 0.2) is 57.7 Å². The molecule has 0 saturated heterocycles. The van der Waals surface area contributed by atoms with Gasteiger partial charge in [-0.05, 0) is 56.3 Å². The lowest BCUT2D eigenvalue weighted by Crippen LogP contribution is -2.13. The summed E-state index contributed by atoms with van der Waals surface area (Å²) in [5, 5.41) is 7.93. The summed E-state index contributed by atoms with van der Waals surface area (Å²) in [6, 6.07) is 12.8. The fraction of sp³-hybridized carbons (Fsp3) is 0.130. The normalized spacial score (nSPS) is 11.1. The number of anilines is 1. The van der Waals surface area contributed by atoms with Crippen LogP contribution in [0, 0.1) is 13.8 Å². The Balaban J connectivity index is 1.49. The van der Waals surface area contributed by atoms with E-state index in [-0.39, 0.29) is 11.6 Å². The largest absolute Gasteiger partial charge is 0.497 e. The molecule has 0 unspecified atom stereocenters. The first-order valence-electron chi connectivity index (χ1n) is 9.77. The molecular formula is C23H18N4O4S. The van der Waals surface area contributed by atoms with Gasteiger partial charge in [0, 0.05) is 10.4 Å². The monoisotopic (exact) mass is 446 g/mol. The third-order valence-electron chi connectivity index (χ3n) is 5.02. The van der Waals surface area contributed by atoms with Crippen molar-refractivity contribution in [3.05, 3.63) is 64.9 Å². The molecule has 5 aromatic rings. The summed E-state index contributed by atoms with van der Waals surface area (Å²) < 4.78 is 16.0. The summed E-state index contributed by atoms with van der Waals surface area (Å²) in [5.74, 6) is 0.974. The molecule has 0 bridgehead atoms. The molecule has 0 aliphatic heterocycles. The number of benzene rings is 1. The van der Waals surface area contributed by atoms with Gasteiger partial charge in [0.1, 0.15) is 11.4 Å². The Morgan fingerprint density at radius 2 is 1.94 bits per heavy atom. The van der Waals surface area contributed by atoms with E-state index in [1.54, 1.807) is 38.5 Å². The molecule has 4 heterocycles. The number of fused-ring (bicyclic) bond motifs is 1. The van der Waals surface area contributed by atoms with Crippen LogP contribution in [0.1, 0.15) is 20.9 Å². The summed E-state index contributed by atoms with van der Waals surface area (Å²) in [7, 11) is 1.63. The van der Waals surface area contributed by atoms with E-state index in [0.29, 0.717) is 33.2 Å². The Bertz CT molecular complexity index is 1420. The van der Waals surface area contributed by atoms with E-state index in [0.717, 1.165) is 21.9 Å². The van der Waals surface area contributed by atoms with Gasteiger partial charge in [0.05, 0.1) is 35.7 Å². The standard InChI is InChI=1S/C23H18N4O4S/c1-12-19-16(11-17(18-5-4-10-30-18)24-22(19)31-27-12)21(28)26-23-25-20(13(2)32-23)14-6-8-15(29-3)9-7-14/h4-11H,1-3H3,(H,25,26,28). The zero-order valence-electron chi connectivity index (χ0n) is 17.5. The quantitative estimate of drug-likeness (QED) is 0.381. The van der Waals surface area contributed by atoms with Crippen LogP contribution in [-0.4, -0.2) is 28.1 Å². The number of methoxy groups -OCH3 is 1. The second kappa shape index (κ2) is 7.93. The van der Waals surface area contributed by atoms with Crippen LogP contribution in [0.25, 0.3) is 33.8 Å². The Hall–Kier alpha value is -3.98.